The van der Waals surface area contributed by atoms with Gasteiger partial charge in [-0.3, -0.25) is 15.0 Å². The molecule has 0 radical (unpaired) electrons. The van der Waals surface area contributed by atoms with Crippen LogP contribution in [0.3, 0.4) is 0 Å². The third kappa shape index (κ3) is 5.49. The van der Waals surface area contributed by atoms with Crippen LogP contribution in [0, 0.1) is 16.7 Å². The van der Waals surface area contributed by atoms with Crippen LogP contribution in [0.25, 0.3) is 0 Å². The zero-order valence-electron chi connectivity index (χ0n) is 20.1. The fourth-order valence-corrected chi connectivity index (χ4v) is 4.36. The van der Waals surface area contributed by atoms with Crippen molar-refractivity contribution in [2.24, 2.45) is 4.99 Å². The molecular weight excluding hydrogens is 444 g/mol. The molecule has 1 heterocycles. The highest BCUT2D eigenvalue weighted by molar-refractivity contribution is 6.11. The van der Waals surface area contributed by atoms with E-state index in [1.54, 1.807) is 30.5 Å². The van der Waals surface area contributed by atoms with E-state index >= 15 is 0 Å². The molecule has 1 amide bonds. The van der Waals surface area contributed by atoms with E-state index < -0.39 is 11.5 Å². The van der Waals surface area contributed by atoms with Gasteiger partial charge in [-0.1, -0.05) is 0 Å². The zero-order chi connectivity index (χ0) is 25.2. The molecule has 0 bridgehead atoms. The lowest BCUT2D eigenvalue weighted by atomic mass is 9.82. The minimum Gasteiger partial charge on any atom is -0.389 e. The molecule has 0 atom stereocenters. The first-order valence-corrected chi connectivity index (χ1v) is 11.8. The number of carbonyl (C=O) groups is 1. The predicted octanol–water partition coefficient (Wildman–Crippen LogP) is 2.73. The smallest absolute Gasteiger partial charge is 0.325 e. The molecular formula is C26H31N6O3+. The number of aromatic nitrogens is 1. The fraction of sp³-hybridized carbons (Fsp3) is 0.423. The van der Waals surface area contributed by atoms with Gasteiger partial charge >= 0.3 is 11.6 Å². The Morgan fingerprint density at radius 2 is 2.06 bits per heavy atom. The number of carbonyl (C=O) groups excluding carboxylic acids is 1. The molecule has 35 heavy (non-hydrogen) atoms. The highest BCUT2D eigenvalue weighted by Gasteiger charge is 2.36. The average molecular weight is 476 g/mol. The summed E-state index contributed by atoms with van der Waals surface area (Å²) in [5.41, 5.74) is 2.81. The molecule has 3 aliphatic rings. The van der Waals surface area contributed by atoms with Crippen molar-refractivity contribution in [2.75, 3.05) is 14.1 Å². The summed E-state index contributed by atoms with van der Waals surface area (Å²) in [6, 6.07) is 7.21. The second-order valence-corrected chi connectivity index (χ2v) is 9.61. The van der Waals surface area contributed by atoms with E-state index in [2.05, 4.69) is 10.3 Å². The normalized spacial score (nSPS) is 23.3. The van der Waals surface area contributed by atoms with E-state index in [1.807, 2.05) is 31.1 Å². The highest BCUT2D eigenvalue weighted by atomic mass is 16.5. The van der Waals surface area contributed by atoms with E-state index in [9.17, 15) is 15.1 Å². The molecule has 4 rings (SSSR count). The van der Waals surface area contributed by atoms with Crippen LogP contribution < -0.4 is 10.0 Å². The standard InChI is InChI=1S/C26H30N6O3/c1-31(2)24-15-20(28)18(16-29-19-8-10-26(34,11-9-19)12-13-27)14-21(24)30-25(33)23-5-3-4-22(32(23)35)17-6-7-17/h3-5,14-17,28,34H,6-12H2,1-2H3,(H-,30,33,35)/p+1. The zero-order valence-corrected chi connectivity index (χ0v) is 20.1. The van der Waals surface area contributed by atoms with Crippen molar-refractivity contribution in [2.45, 2.75) is 56.5 Å². The van der Waals surface area contributed by atoms with Gasteiger partial charge in [-0.05, 0) is 56.7 Å². The summed E-state index contributed by atoms with van der Waals surface area (Å²) in [4.78, 5) is 19.4. The molecule has 0 unspecified atom stereocenters. The summed E-state index contributed by atoms with van der Waals surface area (Å²) < 4.78 is 0.969. The third-order valence-electron chi connectivity index (χ3n) is 6.67. The van der Waals surface area contributed by atoms with E-state index in [4.69, 9.17) is 10.7 Å². The number of aliphatic imine (C=N–C) groups is 1. The lowest BCUT2D eigenvalue weighted by molar-refractivity contribution is -0.910. The Kier molecular flexibility index (Phi) is 6.85. The molecule has 0 aromatic carbocycles. The summed E-state index contributed by atoms with van der Waals surface area (Å²) in [7, 11) is 3.66. The maximum absolute atomic E-state index is 13.1. The Morgan fingerprint density at radius 3 is 2.69 bits per heavy atom. The van der Waals surface area contributed by atoms with Gasteiger partial charge in [0.25, 0.3) is 0 Å². The summed E-state index contributed by atoms with van der Waals surface area (Å²) >= 11 is 0. The van der Waals surface area contributed by atoms with Crippen LogP contribution in [0.15, 0.2) is 58.5 Å². The van der Waals surface area contributed by atoms with E-state index in [0.29, 0.717) is 42.7 Å². The van der Waals surface area contributed by atoms with Gasteiger partial charge in [0.1, 0.15) is 0 Å². The average Bonchev–Trinajstić information content (AvgIpc) is 3.65. The van der Waals surface area contributed by atoms with Crippen molar-refractivity contribution in [3.8, 4) is 6.07 Å². The van der Waals surface area contributed by atoms with Crippen molar-refractivity contribution in [1.29, 1.82) is 10.7 Å². The Morgan fingerprint density at radius 1 is 1.34 bits per heavy atom. The summed E-state index contributed by atoms with van der Waals surface area (Å²) in [6.07, 6.45) is 9.27. The van der Waals surface area contributed by atoms with Crippen LogP contribution in [0.1, 0.15) is 67.0 Å². The number of amides is 1. The summed E-state index contributed by atoms with van der Waals surface area (Å²) in [6.45, 7) is 0. The van der Waals surface area contributed by atoms with E-state index in [0.717, 1.165) is 29.0 Å². The van der Waals surface area contributed by atoms with Gasteiger partial charge in [-0.25, -0.2) is 0 Å². The van der Waals surface area contributed by atoms with Crippen LogP contribution in [-0.4, -0.2) is 52.2 Å². The van der Waals surface area contributed by atoms with Gasteiger partial charge in [0.15, 0.2) is 0 Å². The minimum atomic E-state index is -0.945. The summed E-state index contributed by atoms with van der Waals surface area (Å²) in [5, 5.41) is 41.2. The number of nitrogens with one attached hydrogen (secondary N) is 2. The van der Waals surface area contributed by atoms with Gasteiger partial charge in [0.05, 0.1) is 35.2 Å². The second-order valence-electron chi connectivity index (χ2n) is 9.61. The molecule has 2 fully saturated rings. The molecule has 0 spiro atoms. The lowest BCUT2D eigenvalue weighted by Crippen LogP contribution is -2.45. The molecule has 1 aromatic heterocycles. The Bertz CT molecular complexity index is 1200. The number of hydrogen-bond acceptors (Lipinski definition) is 7. The quantitative estimate of drug-likeness (QED) is 0.370. The van der Waals surface area contributed by atoms with Crippen LogP contribution in [0.5, 0.6) is 0 Å². The maximum Gasteiger partial charge on any atom is 0.325 e. The summed E-state index contributed by atoms with van der Waals surface area (Å²) in [5.74, 6) is -0.166. The number of pyridine rings is 1. The van der Waals surface area contributed by atoms with Gasteiger partial charge in [0.2, 0.25) is 5.69 Å². The predicted molar refractivity (Wildman–Crippen MR) is 130 cm³/mol. The van der Waals surface area contributed by atoms with Crippen LogP contribution in [-0.2, 0) is 0 Å². The molecule has 4 N–H and O–H groups in total. The van der Waals surface area contributed by atoms with Crippen molar-refractivity contribution < 1.29 is 19.8 Å². The van der Waals surface area contributed by atoms with Crippen LogP contribution >= 0.6 is 0 Å². The van der Waals surface area contributed by atoms with Crippen LogP contribution in [0.2, 0.25) is 0 Å². The Hall–Kier alpha value is -3.77. The number of nitriles is 1. The lowest BCUT2D eigenvalue weighted by Gasteiger charge is -2.30. The number of nitrogens with zero attached hydrogens (tertiary/aromatic N) is 4. The first-order chi connectivity index (χ1) is 16.7. The van der Waals surface area contributed by atoms with Gasteiger partial charge in [-0.15, -0.1) is 0 Å². The molecule has 0 saturated heterocycles. The van der Waals surface area contributed by atoms with Gasteiger partial charge in [-0.2, -0.15) is 5.26 Å². The second kappa shape index (κ2) is 9.84. The number of likely N-dealkylation sites (N-methyl/N-ethyl adjacent to an activating group) is 1. The van der Waals surface area contributed by atoms with Crippen LogP contribution in [0.4, 0.5) is 0 Å². The van der Waals surface area contributed by atoms with E-state index in [1.165, 1.54) is 0 Å². The van der Waals surface area contributed by atoms with Gasteiger partial charge in [0, 0.05) is 54.4 Å². The number of allylic oxidation sites excluding steroid dienone is 3. The first-order valence-electron chi connectivity index (χ1n) is 11.8. The molecule has 0 aliphatic heterocycles. The monoisotopic (exact) mass is 475 g/mol. The highest BCUT2D eigenvalue weighted by Crippen LogP contribution is 2.38. The topological polar surface area (TPSA) is 137 Å². The van der Waals surface area contributed by atoms with Crippen molar-refractivity contribution in [3.05, 3.63) is 64.9 Å². The van der Waals surface area contributed by atoms with Gasteiger partial charge < -0.3 is 20.7 Å². The van der Waals surface area contributed by atoms with Crippen molar-refractivity contribution in [3.63, 3.8) is 0 Å². The number of rotatable bonds is 6. The van der Waals surface area contributed by atoms with Crippen molar-refractivity contribution >= 4 is 17.3 Å². The molecule has 3 aliphatic carbocycles. The SMILES string of the molecule is CN(C)C1=CC(=N)/C(=C\N=C2CCC(O)(CC#N)CC2)C=C1NC(=O)c1cccc(C2CC2)[n+]1O. The minimum absolute atomic E-state index is 0.118. The Labute approximate surface area is 204 Å². The van der Waals surface area contributed by atoms with E-state index in [-0.39, 0.29) is 23.7 Å². The molecule has 9 heteroatoms. The Balaban J connectivity index is 1.55. The molecule has 9 nitrogen and oxygen atoms in total. The largest absolute Gasteiger partial charge is 0.389 e. The molecule has 1 aromatic rings. The maximum atomic E-state index is 13.1. The number of hydrogen-bond donors (Lipinski definition) is 4. The molecule has 182 valence electrons. The fourth-order valence-electron chi connectivity index (χ4n) is 4.36. The third-order valence-corrected chi connectivity index (χ3v) is 6.67. The first kappa shape index (κ1) is 24.4. The number of aliphatic hydroxyl groups is 1. The molecule has 2 saturated carbocycles. The van der Waals surface area contributed by atoms with Crippen molar-refractivity contribution in [1.82, 2.24) is 10.2 Å².